The van der Waals surface area contributed by atoms with Crippen LogP contribution in [0, 0.1) is 0 Å². The molecule has 0 radical (unpaired) electrons. The third-order valence-electron chi connectivity index (χ3n) is 5.64. The van der Waals surface area contributed by atoms with Crippen LogP contribution < -0.4 is 10.6 Å². The zero-order valence-electron chi connectivity index (χ0n) is 18.3. The largest absolute Gasteiger partial charge is 0.507 e. The van der Waals surface area contributed by atoms with Gasteiger partial charge in [0.05, 0.1) is 27.6 Å². The van der Waals surface area contributed by atoms with Crippen molar-refractivity contribution in [2.24, 2.45) is 9.98 Å². The zero-order chi connectivity index (χ0) is 22.3. The van der Waals surface area contributed by atoms with Crippen molar-refractivity contribution >= 4 is 23.0 Å². The number of amides is 1. The van der Waals surface area contributed by atoms with E-state index in [4.69, 9.17) is 4.99 Å². The maximum atomic E-state index is 12.6. The Bertz CT molecular complexity index is 1230. The molecule has 4 rings (SSSR count). The molecular formula is C24H26N4O3. The van der Waals surface area contributed by atoms with Gasteiger partial charge < -0.3 is 14.9 Å². The van der Waals surface area contributed by atoms with Gasteiger partial charge in [-0.1, -0.05) is 6.08 Å². The lowest BCUT2D eigenvalue weighted by atomic mass is 9.91. The summed E-state index contributed by atoms with van der Waals surface area (Å²) in [7, 11) is 7.82. The molecule has 7 heteroatoms. The fraction of sp³-hybridized carbons (Fsp3) is 0.333. The van der Waals surface area contributed by atoms with Crippen molar-refractivity contribution < 1.29 is 14.7 Å². The van der Waals surface area contributed by atoms with Gasteiger partial charge in [0.25, 0.3) is 5.91 Å². The van der Waals surface area contributed by atoms with Gasteiger partial charge in [0, 0.05) is 24.2 Å². The lowest BCUT2D eigenvalue weighted by Gasteiger charge is -2.14. The Morgan fingerprint density at radius 3 is 2.29 bits per heavy atom. The maximum Gasteiger partial charge on any atom is 0.274 e. The fourth-order valence-electron chi connectivity index (χ4n) is 4.04. The second kappa shape index (κ2) is 8.17. The molecule has 3 aliphatic rings. The number of rotatable bonds is 7. The molecular weight excluding hydrogens is 392 g/mol. The number of carbonyl (C=O) groups excluding carboxylic acids is 2. The molecule has 0 aromatic heterocycles. The minimum atomic E-state index is -0.306. The number of benzene rings is 1. The number of fused-ring (bicyclic) bond motifs is 2. The standard InChI is InChI=1S/C24H26N4O3/c1-27(2)12-10-14-20-17(6-5-7-19(20)29)25-22(14)16-8-9-18-21(23(16)30)15(24(31)26-18)11-13-28(3)4/h5-9,30H,10-13H2,1-4H3. The van der Waals surface area contributed by atoms with Crippen molar-refractivity contribution in [2.45, 2.75) is 12.8 Å². The smallest absolute Gasteiger partial charge is 0.274 e. The first-order valence-electron chi connectivity index (χ1n) is 10.3. The molecule has 31 heavy (non-hydrogen) atoms. The molecule has 160 valence electrons. The molecule has 0 fully saturated rings. The van der Waals surface area contributed by atoms with Gasteiger partial charge in [-0.15, -0.1) is 0 Å². The van der Waals surface area contributed by atoms with Gasteiger partial charge in [-0.05, 0) is 70.9 Å². The molecule has 2 aliphatic heterocycles. The van der Waals surface area contributed by atoms with Crippen LogP contribution in [0.1, 0.15) is 18.4 Å². The fourth-order valence-corrected chi connectivity index (χ4v) is 4.04. The second-order valence-corrected chi connectivity index (χ2v) is 8.45. The number of phenols is 1. The van der Waals surface area contributed by atoms with Crippen LogP contribution in [-0.4, -0.2) is 73.6 Å². The van der Waals surface area contributed by atoms with Crippen LogP contribution in [0.5, 0.6) is 5.75 Å². The first kappa shape index (κ1) is 21.1. The van der Waals surface area contributed by atoms with E-state index in [1.165, 1.54) is 0 Å². The number of aromatic hydroxyl groups is 1. The Balaban J connectivity index is 1.87. The molecule has 0 bridgehead atoms. The van der Waals surface area contributed by atoms with E-state index in [2.05, 4.69) is 4.99 Å². The van der Waals surface area contributed by atoms with Crippen molar-refractivity contribution in [1.82, 2.24) is 9.80 Å². The number of ketones is 1. The monoisotopic (exact) mass is 418 g/mol. The zero-order valence-corrected chi connectivity index (χ0v) is 18.3. The predicted octanol–water partition coefficient (Wildman–Crippen LogP) is 0.728. The summed E-state index contributed by atoms with van der Waals surface area (Å²) in [4.78, 5) is 38.0. The number of allylic oxidation sites excluding steroid dienone is 4. The Kier molecular flexibility index (Phi) is 5.56. The van der Waals surface area contributed by atoms with Crippen molar-refractivity contribution in [3.05, 3.63) is 63.3 Å². The van der Waals surface area contributed by atoms with E-state index in [0.717, 1.165) is 12.1 Å². The molecule has 1 aliphatic carbocycles. The summed E-state index contributed by atoms with van der Waals surface area (Å²) in [6.45, 7) is 1.41. The maximum absolute atomic E-state index is 12.6. The van der Waals surface area contributed by atoms with Crippen LogP contribution in [0.2, 0.25) is 0 Å². The summed E-state index contributed by atoms with van der Waals surface area (Å²) in [5.41, 5.74) is 3.66. The normalized spacial score (nSPS) is 17.4. The lowest BCUT2D eigenvalue weighted by molar-refractivity contribution is -0.113. The van der Waals surface area contributed by atoms with Gasteiger partial charge in [0.15, 0.2) is 5.78 Å². The Morgan fingerprint density at radius 1 is 0.935 bits per heavy atom. The van der Waals surface area contributed by atoms with Crippen molar-refractivity contribution in [3.63, 3.8) is 0 Å². The van der Waals surface area contributed by atoms with Crippen LogP contribution in [-0.2, 0) is 9.59 Å². The van der Waals surface area contributed by atoms with Gasteiger partial charge in [0.2, 0.25) is 0 Å². The molecule has 0 unspecified atom stereocenters. The number of hydrogen-bond donors (Lipinski definition) is 1. The quantitative estimate of drug-likeness (QED) is 0.706. The highest BCUT2D eigenvalue weighted by Gasteiger charge is 2.31. The number of hydrogen-bond acceptors (Lipinski definition) is 6. The third kappa shape index (κ3) is 3.82. The van der Waals surface area contributed by atoms with Crippen LogP contribution in [0.4, 0.5) is 0 Å². The average Bonchev–Trinajstić information content (AvgIpc) is 3.23. The molecule has 0 saturated heterocycles. The van der Waals surface area contributed by atoms with Gasteiger partial charge >= 0.3 is 0 Å². The predicted molar refractivity (Wildman–Crippen MR) is 119 cm³/mol. The number of nitrogens with zero attached hydrogens (tertiary/aromatic N) is 4. The SMILES string of the molecule is CN(C)CCC1=C2C(=O)C=CC=C2N=C1c1ccc2c(c1O)=C(CCN(C)C)C(=O)N=2. The molecule has 0 atom stereocenters. The van der Waals surface area contributed by atoms with Gasteiger partial charge in [-0.3, -0.25) is 9.59 Å². The number of carbonyl (C=O) groups is 2. The van der Waals surface area contributed by atoms with Gasteiger partial charge in [-0.25, -0.2) is 9.98 Å². The summed E-state index contributed by atoms with van der Waals surface area (Å²) in [5, 5.41) is 12.2. The van der Waals surface area contributed by atoms with Gasteiger partial charge in [-0.2, -0.15) is 0 Å². The number of phenolic OH excluding ortho intramolecular Hbond substituents is 1. The lowest BCUT2D eigenvalue weighted by Crippen LogP contribution is -2.27. The molecule has 1 aromatic rings. The van der Waals surface area contributed by atoms with E-state index in [-0.39, 0.29) is 17.4 Å². The van der Waals surface area contributed by atoms with Crippen molar-refractivity contribution in [2.75, 3.05) is 41.3 Å². The Hall–Kier alpha value is -3.16. The Morgan fingerprint density at radius 2 is 1.61 bits per heavy atom. The first-order valence-corrected chi connectivity index (χ1v) is 10.3. The van der Waals surface area contributed by atoms with E-state index in [9.17, 15) is 14.7 Å². The summed E-state index contributed by atoms with van der Waals surface area (Å²) in [6.07, 6.45) is 6.17. The van der Waals surface area contributed by atoms with Crippen LogP contribution in [0.15, 0.2) is 57.2 Å². The van der Waals surface area contributed by atoms with E-state index >= 15 is 0 Å². The molecule has 2 heterocycles. The highest BCUT2D eigenvalue weighted by molar-refractivity contribution is 6.25. The molecule has 7 nitrogen and oxygen atoms in total. The van der Waals surface area contributed by atoms with E-state index in [1.54, 1.807) is 24.3 Å². The van der Waals surface area contributed by atoms with Gasteiger partial charge in [0.1, 0.15) is 5.75 Å². The van der Waals surface area contributed by atoms with E-state index in [0.29, 0.717) is 58.1 Å². The minimum Gasteiger partial charge on any atom is -0.507 e. The summed E-state index contributed by atoms with van der Waals surface area (Å²) in [5.74, 6) is -0.379. The highest BCUT2D eigenvalue weighted by Crippen LogP contribution is 2.35. The summed E-state index contributed by atoms with van der Waals surface area (Å²) >= 11 is 0. The average molecular weight is 418 g/mol. The first-order chi connectivity index (χ1) is 14.8. The molecule has 0 saturated carbocycles. The Labute approximate surface area is 181 Å². The number of aliphatic imine (C=N–C) groups is 1. The molecule has 0 spiro atoms. The molecule has 1 N–H and O–H groups in total. The third-order valence-corrected chi connectivity index (χ3v) is 5.64. The minimum absolute atomic E-state index is 0.00205. The molecule has 1 aromatic carbocycles. The highest BCUT2D eigenvalue weighted by atomic mass is 16.3. The van der Waals surface area contributed by atoms with E-state index < -0.39 is 0 Å². The second-order valence-electron chi connectivity index (χ2n) is 8.45. The van der Waals surface area contributed by atoms with Crippen molar-refractivity contribution in [3.8, 4) is 5.75 Å². The van der Waals surface area contributed by atoms with Crippen LogP contribution in [0.25, 0.3) is 5.57 Å². The molecule has 1 amide bonds. The van der Waals surface area contributed by atoms with Crippen molar-refractivity contribution in [1.29, 1.82) is 0 Å². The topological polar surface area (TPSA) is 85.6 Å². The van der Waals surface area contributed by atoms with Crippen LogP contribution >= 0.6 is 0 Å². The van der Waals surface area contributed by atoms with Crippen LogP contribution in [0.3, 0.4) is 0 Å². The van der Waals surface area contributed by atoms with E-state index in [1.807, 2.05) is 44.1 Å². The summed E-state index contributed by atoms with van der Waals surface area (Å²) in [6, 6.07) is 3.49. The summed E-state index contributed by atoms with van der Waals surface area (Å²) < 4.78 is 0.